The van der Waals surface area contributed by atoms with E-state index in [0.29, 0.717) is 5.41 Å². The molecule has 18 heavy (non-hydrogen) atoms. The Hall–Kier alpha value is -0.860. The van der Waals surface area contributed by atoms with E-state index < -0.39 is 0 Å². The topological polar surface area (TPSA) is 29.3 Å². The lowest BCUT2D eigenvalue weighted by molar-refractivity contribution is 0.111. The van der Waals surface area contributed by atoms with Gasteiger partial charge in [-0.05, 0) is 57.3 Å². The maximum Gasteiger partial charge on any atom is 0.0230 e. The first kappa shape index (κ1) is 13.6. The number of benzene rings is 1. The molecule has 0 aromatic heterocycles. The number of aryl methyl sites for hydroxylation is 1. The largest absolute Gasteiger partial charge is 0.330 e. The third kappa shape index (κ3) is 3.33. The first-order valence-electron chi connectivity index (χ1n) is 7.08. The lowest BCUT2D eigenvalue weighted by Crippen LogP contribution is -2.39. The highest BCUT2D eigenvalue weighted by molar-refractivity contribution is 5.21. The number of nitrogens with two attached hydrogens (primary N) is 1. The maximum absolute atomic E-state index is 5.91. The van der Waals surface area contributed by atoms with Crippen LogP contribution in [0.3, 0.4) is 0 Å². The van der Waals surface area contributed by atoms with E-state index >= 15 is 0 Å². The van der Waals surface area contributed by atoms with Gasteiger partial charge in [-0.3, -0.25) is 0 Å². The molecule has 0 bridgehead atoms. The van der Waals surface area contributed by atoms with E-state index in [2.05, 4.69) is 43.1 Å². The molecule has 2 nitrogen and oxygen atoms in total. The second kappa shape index (κ2) is 5.85. The van der Waals surface area contributed by atoms with E-state index in [1.54, 1.807) is 0 Å². The summed E-state index contributed by atoms with van der Waals surface area (Å²) in [5, 5.41) is 0. The monoisotopic (exact) mass is 246 g/mol. The zero-order valence-corrected chi connectivity index (χ0v) is 11.8. The molecule has 2 heteroatoms. The van der Waals surface area contributed by atoms with Crippen molar-refractivity contribution in [3.8, 4) is 0 Å². The zero-order chi connectivity index (χ0) is 13.0. The summed E-state index contributed by atoms with van der Waals surface area (Å²) in [5.41, 5.74) is 9.11. The Morgan fingerprint density at radius 3 is 2.39 bits per heavy atom. The molecule has 0 spiro atoms. The molecule has 0 amide bonds. The Morgan fingerprint density at radius 1 is 1.22 bits per heavy atom. The molecule has 100 valence electrons. The van der Waals surface area contributed by atoms with E-state index in [1.807, 2.05) is 0 Å². The van der Waals surface area contributed by atoms with Crippen LogP contribution < -0.4 is 5.73 Å². The van der Waals surface area contributed by atoms with Gasteiger partial charge in [0.15, 0.2) is 0 Å². The molecule has 1 aliphatic rings. The molecule has 1 aromatic rings. The molecular weight excluding hydrogens is 220 g/mol. The second-order valence-electron chi connectivity index (χ2n) is 6.03. The van der Waals surface area contributed by atoms with Crippen molar-refractivity contribution in [3.63, 3.8) is 0 Å². The molecule has 0 unspecified atom stereocenters. The van der Waals surface area contributed by atoms with Crippen LogP contribution in [0.4, 0.5) is 0 Å². The van der Waals surface area contributed by atoms with Crippen LogP contribution in [0.5, 0.6) is 0 Å². The molecule has 0 aliphatic heterocycles. The summed E-state index contributed by atoms with van der Waals surface area (Å²) in [6.07, 6.45) is 5.30. The minimum absolute atomic E-state index is 0.474. The predicted molar refractivity (Wildman–Crippen MR) is 77.5 cm³/mol. The van der Waals surface area contributed by atoms with Crippen molar-refractivity contribution < 1.29 is 0 Å². The standard InChI is InChI=1S/C16H26N2/c1-14-4-6-15(7-5-14)12-18(2)11-10-16(13-17)8-3-9-16/h4-7H,3,8-13,17H2,1-2H3. The molecule has 1 aliphatic carbocycles. The van der Waals surface area contributed by atoms with Crippen molar-refractivity contribution in [1.29, 1.82) is 0 Å². The Bertz CT molecular complexity index is 360. The van der Waals surface area contributed by atoms with Crippen LogP contribution in [0.25, 0.3) is 0 Å². The van der Waals surface area contributed by atoms with Crippen LogP contribution in [0, 0.1) is 12.3 Å². The fourth-order valence-electron chi connectivity index (χ4n) is 2.75. The summed E-state index contributed by atoms with van der Waals surface area (Å²) >= 11 is 0. The van der Waals surface area contributed by atoms with Crippen LogP contribution in [-0.2, 0) is 6.54 Å². The highest BCUT2D eigenvalue weighted by Crippen LogP contribution is 2.42. The summed E-state index contributed by atoms with van der Waals surface area (Å²) in [6.45, 7) is 5.20. The first-order valence-corrected chi connectivity index (χ1v) is 7.08. The Labute approximate surface area is 111 Å². The van der Waals surface area contributed by atoms with E-state index in [4.69, 9.17) is 5.73 Å². The van der Waals surface area contributed by atoms with Gasteiger partial charge in [0.2, 0.25) is 0 Å². The summed E-state index contributed by atoms with van der Waals surface area (Å²) in [7, 11) is 2.21. The van der Waals surface area contributed by atoms with E-state index in [-0.39, 0.29) is 0 Å². The molecule has 1 aromatic carbocycles. The van der Waals surface area contributed by atoms with Crippen molar-refractivity contribution >= 4 is 0 Å². The molecule has 2 N–H and O–H groups in total. The smallest absolute Gasteiger partial charge is 0.0230 e. The van der Waals surface area contributed by atoms with Gasteiger partial charge in [-0.15, -0.1) is 0 Å². The molecule has 1 saturated carbocycles. The van der Waals surface area contributed by atoms with Crippen LogP contribution in [-0.4, -0.2) is 25.0 Å². The van der Waals surface area contributed by atoms with Gasteiger partial charge in [0.05, 0.1) is 0 Å². The van der Waals surface area contributed by atoms with Crippen molar-refractivity contribution in [1.82, 2.24) is 4.90 Å². The number of rotatable bonds is 6. The molecule has 2 rings (SSSR count). The van der Waals surface area contributed by atoms with Crippen molar-refractivity contribution in [2.24, 2.45) is 11.1 Å². The highest BCUT2D eigenvalue weighted by atomic mass is 15.1. The predicted octanol–water partition coefficient (Wildman–Crippen LogP) is 2.95. The maximum atomic E-state index is 5.91. The van der Waals surface area contributed by atoms with Gasteiger partial charge in [0.1, 0.15) is 0 Å². The Kier molecular flexibility index (Phi) is 4.41. The van der Waals surface area contributed by atoms with Gasteiger partial charge in [-0.25, -0.2) is 0 Å². The molecular formula is C16H26N2. The SMILES string of the molecule is Cc1ccc(CN(C)CCC2(CN)CCC2)cc1. The zero-order valence-electron chi connectivity index (χ0n) is 11.8. The number of hydrogen-bond acceptors (Lipinski definition) is 2. The van der Waals surface area contributed by atoms with Crippen LogP contribution in [0.1, 0.15) is 36.8 Å². The minimum atomic E-state index is 0.474. The lowest BCUT2D eigenvalue weighted by atomic mass is 9.66. The quantitative estimate of drug-likeness (QED) is 0.836. The number of nitrogens with zero attached hydrogens (tertiary/aromatic N) is 1. The third-order valence-electron chi connectivity index (χ3n) is 4.44. The van der Waals surface area contributed by atoms with E-state index in [1.165, 1.54) is 36.8 Å². The minimum Gasteiger partial charge on any atom is -0.330 e. The fourth-order valence-corrected chi connectivity index (χ4v) is 2.75. The summed E-state index contributed by atoms with van der Waals surface area (Å²) in [4.78, 5) is 2.42. The van der Waals surface area contributed by atoms with Gasteiger partial charge in [0, 0.05) is 6.54 Å². The molecule has 0 radical (unpaired) electrons. The normalized spacial score (nSPS) is 17.8. The second-order valence-corrected chi connectivity index (χ2v) is 6.03. The Balaban J connectivity index is 1.78. The summed E-state index contributed by atoms with van der Waals surface area (Å²) in [5.74, 6) is 0. The lowest BCUT2D eigenvalue weighted by Gasteiger charge is -2.42. The third-order valence-corrected chi connectivity index (χ3v) is 4.44. The van der Waals surface area contributed by atoms with Crippen LogP contribution >= 0.6 is 0 Å². The van der Waals surface area contributed by atoms with Gasteiger partial charge in [-0.2, -0.15) is 0 Å². The average Bonchev–Trinajstić information content (AvgIpc) is 2.31. The van der Waals surface area contributed by atoms with Gasteiger partial charge < -0.3 is 10.6 Å². The van der Waals surface area contributed by atoms with Crippen molar-refractivity contribution in [3.05, 3.63) is 35.4 Å². The van der Waals surface area contributed by atoms with E-state index in [9.17, 15) is 0 Å². The fraction of sp³-hybridized carbons (Fsp3) is 0.625. The van der Waals surface area contributed by atoms with Gasteiger partial charge in [0.25, 0.3) is 0 Å². The van der Waals surface area contributed by atoms with Crippen LogP contribution in [0.2, 0.25) is 0 Å². The first-order chi connectivity index (χ1) is 8.63. The van der Waals surface area contributed by atoms with Crippen molar-refractivity contribution in [2.45, 2.75) is 39.2 Å². The Morgan fingerprint density at radius 2 is 1.89 bits per heavy atom. The van der Waals surface area contributed by atoms with Crippen molar-refractivity contribution in [2.75, 3.05) is 20.1 Å². The molecule has 1 fully saturated rings. The van der Waals surface area contributed by atoms with Gasteiger partial charge >= 0.3 is 0 Å². The van der Waals surface area contributed by atoms with Crippen LogP contribution in [0.15, 0.2) is 24.3 Å². The highest BCUT2D eigenvalue weighted by Gasteiger charge is 2.34. The average molecular weight is 246 g/mol. The number of hydrogen-bond donors (Lipinski definition) is 1. The molecule has 0 heterocycles. The van der Waals surface area contributed by atoms with E-state index in [0.717, 1.165) is 19.6 Å². The molecule has 0 atom stereocenters. The molecule has 0 saturated heterocycles. The van der Waals surface area contributed by atoms with Gasteiger partial charge in [-0.1, -0.05) is 36.2 Å². The summed E-state index contributed by atoms with van der Waals surface area (Å²) in [6, 6.07) is 8.84. The summed E-state index contributed by atoms with van der Waals surface area (Å²) < 4.78 is 0.